The number of ether oxygens (including phenoxy) is 1. The summed E-state index contributed by atoms with van der Waals surface area (Å²) in [5.74, 6) is 0.384. The number of rotatable bonds is 7. The highest BCUT2D eigenvalue weighted by Crippen LogP contribution is 2.45. The fourth-order valence-electron chi connectivity index (χ4n) is 7.02. The van der Waals surface area contributed by atoms with E-state index in [9.17, 15) is 22.8 Å². The number of nitrogens with zero attached hydrogens (tertiary/aromatic N) is 5. The third-order valence-electron chi connectivity index (χ3n) is 9.60. The average molecular weight is 702 g/mol. The number of carbonyl (C=O) groups excluding carboxylic acids is 1. The van der Waals surface area contributed by atoms with Crippen molar-refractivity contribution in [2.45, 2.75) is 38.2 Å². The summed E-state index contributed by atoms with van der Waals surface area (Å²) in [7, 11) is 1.66. The Labute approximate surface area is 292 Å². The molecule has 1 aliphatic heterocycles. The lowest BCUT2D eigenvalue weighted by Gasteiger charge is -2.39. The second kappa shape index (κ2) is 13.4. The summed E-state index contributed by atoms with van der Waals surface area (Å²) in [5.41, 5.74) is 4.03. The van der Waals surface area contributed by atoms with E-state index >= 15 is 0 Å². The molecule has 258 valence electrons. The maximum Gasteiger partial charge on any atom is 0.416 e. The van der Waals surface area contributed by atoms with E-state index in [1.165, 1.54) is 17.0 Å². The second-order valence-electron chi connectivity index (χ2n) is 12.6. The Morgan fingerprint density at radius 1 is 0.920 bits per heavy atom. The van der Waals surface area contributed by atoms with Crippen LogP contribution in [0.3, 0.4) is 0 Å². The van der Waals surface area contributed by atoms with Gasteiger partial charge in [-0.2, -0.15) is 13.2 Å². The maximum atomic E-state index is 14.3. The molecule has 1 aromatic heterocycles. The summed E-state index contributed by atoms with van der Waals surface area (Å²) >= 11 is 6.55. The van der Waals surface area contributed by atoms with E-state index < -0.39 is 30.0 Å². The van der Waals surface area contributed by atoms with Crippen LogP contribution in [0.4, 0.5) is 18.0 Å². The summed E-state index contributed by atoms with van der Waals surface area (Å²) in [5, 5.41) is 2.46. The van der Waals surface area contributed by atoms with Crippen molar-refractivity contribution in [3.8, 4) is 11.1 Å². The minimum atomic E-state index is -4.39. The fourth-order valence-corrected chi connectivity index (χ4v) is 7.27. The van der Waals surface area contributed by atoms with Crippen LogP contribution < -0.4 is 10.6 Å². The number of benzene rings is 4. The monoisotopic (exact) mass is 701 g/mol. The van der Waals surface area contributed by atoms with Crippen molar-refractivity contribution in [1.29, 1.82) is 0 Å². The predicted octanol–water partition coefficient (Wildman–Crippen LogP) is 7.81. The number of hydrogen-bond donors (Lipinski definition) is 0. The first-order chi connectivity index (χ1) is 24.0. The van der Waals surface area contributed by atoms with Gasteiger partial charge in [-0.05, 0) is 47.4 Å². The molecule has 0 radical (unpaired) electrons. The van der Waals surface area contributed by atoms with Gasteiger partial charge in [0.2, 0.25) is 0 Å². The van der Waals surface area contributed by atoms with Crippen molar-refractivity contribution in [3.05, 3.63) is 134 Å². The van der Waals surface area contributed by atoms with Gasteiger partial charge in [0.25, 0.3) is 5.56 Å². The minimum absolute atomic E-state index is 0.278. The van der Waals surface area contributed by atoms with Crippen LogP contribution >= 0.6 is 11.6 Å². The lowest BCUT2D eigenvalue weighted by Crippen LogP contribution is -2.55. The third kappa shape index (κ3) is 6.20. The molecule has 5 aromatic rings. The molecule has 8 nitrogen and oxygen atoms in total. The Morgan fingerprint density at radius 3 is 2.14 bits per heavy atom. The smallest absolute Gasteiger partial charge is 0.416 e. The number of carbonyl (C=O) groups is 1. The van der Waals surface area contributed by atoms with Crippen LogP contribution in [0, 0.1) is 0 Å². The topological polar surface area (TPSA) is 70.9 Å². The van der Waals surface area contributed by atoms with Crippen molar-refractivity contribution < 1.29 is 22.7 Å². The standard InChI is InChI=1S/C38H35ClF3N5O3/c1-3-32(44(2)37(49)50-34-28-11-6-4-9-26(28)27-10-5-7-12-29(27)34)35-43-31-14-8-13-30(39)33(31)36(48)47(35)46-21-19-45(20-22-46)23-24-15-17-25(18-16-24)38(40,41)42/h4-18,32,34H,3,19-23H2,1-2H3/t32-/m0/s1. The van der Waals surface area contributed by atoms with Crippen molar-refractivity contribution in [1.82, 2.24) is 19.5 Å². The average Bonchev–Trinajstić information content (AvgIpc) is 3.42. The molecule has 7 rings (SSSR count). The van der Waals surface area contributed by atoms with Crippen molar-refractivity contribution in [2.24, 2.45) is 0 Å². The van der Waals surface area contributed by atoms with Crippen molar-refractivity contribution in [2.75, 3.05) is 38.2 Å². The molecule has 1 fully saturated rings. The summed E-state index contributed by atoms with van der Waals surface area (Å²) in [6.45, 7) is 4.35. The number of hydrogen-bond acceptors (Lipinski definition) is 6. The molecule has 0 unspecified atom stereocenters. The largest absolute Gasteiger partial charge is 0.436 e. The summed E-state index contributed by atoms with van der Waals surface area (Å²) in [4.78, 5) is 36.8. The molecule has 1 atom stereocenters. The van der Waals surface area contributed by atoms with Gasteiger partial charge in [-0.15, -0.1) is 0 Å². The van der Waals surface area contributed by atoms with Gasteiger partial charge in [0.15, 0.2) is 11.9 Å². The highest BCUT2D eigenvalue weighted by atomic mass is 35.5. The summed E-state index contributed by atoms with van der Waals surface area (Å²) in [6.07, 6.45) is -5.09. The summed E-state index contributed by atoms with van der Waals surface area (Å²) < 4.78 is 46.9. The van der Waals surface area contributed by atoms with Gasteiger partial charge < -0.3 is 14.6 Å². The van der Waals surface area contributed by atoms with Crippen LogP contribution in [0.1, 0.15) is 53.6 Å². The van der Waals surface area contributed by atoms with Gasteiger partial charge >= 0.3 is 12.3 Å². The van der Waals surface area contributed by atoms with E-state index in [1.54, 1.807) is 29.9 Å². The first-order valence-electron chi connectivity index (χ1n) is 16.5. The number of halogens is 4. The Bertz CT molecular complexity index is 2070. The first-order valence-corrected chi connectivity index (χ1v) is 16.9. The number of aromatic nitrogens is 2. The van der Waals surface area contributed by atoms with E-state index in [2.05, 4.69) is 4.90 Å². The Balaban J connectivity index is 1.16. The lowest BCUT2D eigenvalue weighted by molar-refractivity contribution is -0.137. The van der Waals surface area contributed by atoms with E-state index in [4.69, 9.17) is 21.3 Å². The van der Waals surface area contributed by atoms with Gasteiger partial charge in [-0.1, -0.05) is 85.3 Å². The molecule has 1 amide bonds. The summed E-state index contributed by atoms with van der Waals surface area (Å²) in [6, 6.07) is 25.4. The van der Waals surface area contributed by atoms with Gasteiger partial charge in [0.05, 0.1) is 27.5 Å². The van der Waals surface area contributed by atoms with Crippen LogP contribution in [0.5, 0.6) is 0 Å². The number of alkyl halides is 3. The van der Waals surface area contributed by atoms with Crippen LogP contribution in [0.15, 0.2) is 95.8 Å². The molecule has 0 saturated carbocycles. The number of piperazine rings is 1. The molecule has 1 aliphatic carbocycles. The van der Waals surface area contributed by atoms with E-state index in [1.807, 2.05) is 60.5 Å². The minimum Gasteiger partial charge on any atom is -0.436 e. The molecule has 4 aromatic carbocycles. The molecular formula is C38H35ClF3N5O3. The highest BCUT2D eigenvalue weighted by Gasteiger charge is 2.35. The Hall–Kier alpha value is -4.87. The van der Waals surface area contributed by atoms with Gasteiger partial charge in [0.1, 0.15) is 0 Å². The molecule has 0 N–H and O–H groups in total. The maximum absolute atomic E-state index is 14.3. The van der Waals surface area contributed by atoms with Gasteiger partial charge in [-0.3, -0.25) is 9.69 Å². The highest BCUT2D eigenvalue weighted by molar-refractivity contribution is 6.35. The van der Waals surface area contributed by atoms with Crippen LogP contribution in [0.25, 0.3) is 22.0 Å². The number of fused-ring (bicyclic) bond motifs is 4. The van der Waals surface area contributed by atoms with Crippen LogP contribution in [-0.2, 0) is 17.5 Å². The van der Waals surface area contributed by atoms with Crippen LogP contribution in [0.2, 0.25) is 5.02 Å². The SMILES string of the molecule is CC[C@@H](c1nc2cccc(Cl)c2c(=O)n1N1CCN(Cc2ccc(C(F)(F)F)cc2)CC1)N(C)C(=O)OC1c2ccccc2-c2ccccc21. The molecule has 0 bridgehead atoms. The zero-order valence-electron chi connectivity index (χ0n) is 27.5. The predicted molar refractivity (Wildman–Crippen MR) is 187 cm³/mol. The van der Waals surface area contributed by atoms with Crippen molar-refractivity contribution in [3.63, 3.8) is 0 Å². The molecule has 0 spiro atoms. The molecule has 12 heteroatoms. The van der Waals surface area contributed by atoms with Crippen LogP contribution in [-0.4, -0.2) is 58.8 Å². The zero-order chi connectivity index (χ0) is 35.2. The molecule has 50 heavy (non-hydrogen) atoms. The van der Waals surface area contributed by atoms with E-state index in [0.29, 0.717) is 50.5 Å². The lowest BCUT2D eigenvalue weighted by atomic mass is 10.1. The van der Waals surface area contributed by atoms with E-state index in [-0.39, 0.29) is 16.0 Å². The second-order valence-corrected chi connectivity index (χ2v) is 13.0. The van der Waals surface area contributed by atoms with Gasteiger partial charge in [-0.25, -0.2) is 14.5 Å². The zero-order valence-corrected chi connectivity index (χ0v) is 28.3. The van der Waals surface area contributed by atoms with Gasteiger partial charge in [0, 0.05) is 50.9 Å². The molecule has 2 heterocycles. The Kier molecular flexibility index (Phi) is 9.04. The quantitative estimate of drug-likeness (QED) is 0.173. The van der Waals surface area contributed by atoms with E-state index in [0.717, 1.165) is 39.9 Å². The Morgan fingerprint density at radius 2 is 1.54 bits per heavy atom. The fraction of sp³-hybridized carbons (Fsp3) is 0.289. The molecular weight excluding hydrogens is 667 g/mol. The molecule has 1 saturated heterocycles. The normalized spacial score (nSPS) is 15.5. The molecule has 2 aliphatic rings. The van der Waals surface area contributed by atoms with Crippen molar-refractivity contribution >= 4 is 28.6 Å². The third-order valence-corrected chi connectivity index (χ3v) is 9.92. The number of amides is 1. The first kappa shape index (κ1) is 33.6.